The molecule has 0 aliphatic carbocycles. The number of benzene rings is 3. The molecule has 2 atom stereocenters. The topological polar surface area (TPSA) is 369 Å². The van der Waals surface area contributed by atoms with Crippen molar-refractivity contribution in [1.82, 2.24) is 9.80 Å². The molecule has 0 fully saturated rings. The normalized spacial score (nSPS) is 18.3. The van der Waals surface area contributed by atoms with E-state index in [1.165, 1.54) is 0 Å². The van der Waals surface area contributed by atoms with E-state index < -0.39 is 20.5 Å². The number of aliphatic hydroxyl groups excluding tert-OH is 2. The van der Waals surface area contributed by atoms with Gasteiger partial charge in [0, 0.05) is 75.3 Å². The molecule has 2 unspecified atom stereocenters. The minimum absolute atomic E-state index is 0. The number of aliphatic imine (C=N–C) groups is 6. The Morgan fingerprint density at radius 2 is 0.636 bits per heavy atom. The van der Waals surface area contributed by atoms with Gasteiger partial charge in [-0.05, 0) is 130 Å². The zero-order chi connectivity index (χ0) is 45.1. The molecule has 0 saturated carbocycles. The smallest absolute Gasteiger partial charge is 0.493 e. The summed E-state index contributed by atoms with van der Waals surface area (Å²) in [5.41, 5.74) is 5.46. The molecule has 374 valence electrons. The van der Waals surface area contributed by atoms with E-state index in [-0.39, 0.29) is 67.5 Å². The second kappa shape index (κ2) is 36.8. The molecule has 0 saturated heterocycles. The Bertz CT molecular complexity index is 1810. The minimum Gasteiger partial charge on any atom is -0.493 e. The second-order valence-electron chi connectivity index (χ2n) is 14.0. The largest absolute Gasteiger partial charge is 1.00 e. The molecule has 66 heavy (non-hydrogen) atoms. The van der Waals surface area contributed by atoms with Gasteiger partial charge in [-0.1, -0.05) is 42.5 Å². The van der Waals surface area contributed by atoms with Crippen molar-refractivity contribution in [3.05, 3.63) is 106 Å². The summed E-state index contributed by atoms with van der Waals surface area (Å²) in [6.45, 7) is 9.37. The van der Waals surface area contributed by atoms with E-state index in [1.54, 1.807) is 0 Å². The van der Waals surface area contributed by atoms with Crippen LogP contribution in [0.25, 0.3) is 0 Å². The molecule has 3 heterocycles. The number of aliphatic hydroxyl groups is 2. The van der Waals surface area contributed by atoms with Crippen LogP contribution in [0.1, 0.15) is 71.9 Å². The number of halogens is 2. The van der Waals surface area contributed by atoms with Crippen molar-refractivity contribution >= 4 is 36.7 Å². The molecule has 20 nitrogen and oxygen atoms in total. The number of rotatable bonds is 0. The maximum Gasteiger partial charge on any atom is 1.00 e. The molecular weight excluding hydrogens is 1100 g/mol. The van der Waals surface area contributed by atoms with Crippen LogP contribution in [-0.2, 0) is 44.8 Å². The van der Waals surface area contributed by atoms with Crippen LogP contribution in [0, 0.1) is 20.5 Å². The van der Waals surface area contributed by atoms with Gasteiger partial charge < -0.3 is 31.0 Å². The number of nitrogens with zero attached hydrogens (tertiary/aromatic N) is 8. The molecule has 6 N–H and O–H groups in total. The van der Waals surface area contributed by atoms with Crippen molar-refractivity contribution in [2.24, 2.45) is 30.0 Å². The van der Waals surface area contributed by atoms with Crippen LogP contribution in [0.3, 0.4) is 0 Å². The third-order valence-electron chi connectivity index (χ3n) is 9.00. The molecule has 3 aromatic rings. The van der Waals surface area contributed by atoms with Crippen LogP contribution in [-0.4, -0.2) is 146 Å². The monoisotopic (exact) mass is 1150 g/mol. The molecular formula is C42H58Ag2Cl2N8O12. The molecule has 3 aromatic carbocycles. The van der Waals surface area contributed by atoms with E-state index in [1.807, 2.05) is 73.4 Å². The van der Waals surface area contributed by atoms with E-state index >= 15 is 0 Å². The first-order chi connectivity index (χ1) is 29.6. The summed E-state index contributed by atoms with van der Waals surface area (Å²) < 4.78 is 67.9. The average molecular weight is 1150 g/mol. The summed E-state index contributed by atoms with van der Waals surface area (Å²) in [5.74, 6) is 0.134. The first-order valence-electron chi connectivity index (χ1n) is 20.1. The van der Waals surface area contributed by atoms with E-state index in [2.05, 4.69) is 44.1 Å². The van der Waals surface area contributed by atoms with Crippen LogP contribution in [0.15, 0.2) is 103 Å². The van der Waals surface area contributed by atoms with Gasteiger partial charge in [0.2, 0.25) is 11.8 Å². The van der Waals surface area contributed by atoms with Crippen LogP contribution in [0.4, 0.5) is 0 Å². The molecule has 0 aromatic heterocycles. The van der Waals surface area contributed by atoms with Gasteiger partial charge in [0.15, 0.2) is 0 Å². The fourth-order valence-electron chi connectivity index (χ4n) is 6.27. The van der Waals surface area contributed by atoms with E-state index in [0.717, 1.165) is 113 Å². The summed E-state index contributed by atoms with van der Waals surface area (Å²) in [7, 11) is -9.89. The van der Waals surface area contributed by atoms with Crippen molar-refractivity contribution in [2.75, 3.05) is 78.5 Å². The Balaban J connectivity index is 0. The maximum absolute atomic E-state index is 10.8. The number of hydrogen-bond donors (Lipinski definition) is 2. The van der Waals surface area contributed by atoms with Crippen molar-refractivity contribution in [1.29, 1.82) is 0 Å². The molecule has 3 aliphatic rings. The van der Waals surface area contributed by atoms with Gasteiger partial charge in [-0.2, -0.15) is 0 Å². The van der Waals surface area contributed by atoms with E-state index in [0.29, 0.717) is 37.3 Å². The summed E-state index contributed by atoms with van der Waals surface area (Å²) in [4.78, 5) is 32.8. The van der Waals surface area contributed by atoms with E-state index in [4.69, 9.17) is 57.2 Å². The zero-order valence-corrected chi connectivity index (χ0v) is 40.5. The van der Waals surface area contributed by atoms with Gasteiger partial charge >= 0.3 is 44.8 Å². The molecule has 0 radical (unpaired) electrons. The molecule has 8 bridgehead atoms. The van der Waals surface area contributed by atoms with Crippen LogP contribution < -0.4 is 37.3 Å². The molecule has 0 spiro atoms. The first-order valence-corrected chi connectivity index (χ1v) is 22.5. The maximum atomic E-state index is 10.8. The van der Waals surface area contributed by atoms with Crippen LogP contribution >= 0.6 is 0 Å². The fourth-order valence-corrected chi connectivity index (χ4v) is 6.27. The molecule has 6 rings (SSSR count). The van der Waals surface area contributed by atoms with Crippen LogP contribution in [0.5, 0.6) is 0 Å². The Labute approximate surface area is 420 Å². The van der Waals surface area contributed by atoms with Gasteiger partial charge in [-0.15, -0.1) is 20.5 Å². The predicted octanol–water partition coefficient (Wildman–Crippen LogP) is -4.82. The van der Waals surface area contributed by atoms with Crippen molar-refractivity contribution in [3.8, 4) is 0 Å². The first kappa shape index (κ1) is 64.9. The fraction of sp³-hybridized carbons (Fsp3) is 0.429. The van der Waals surface area contributed by atoms with E-state index in [9.17, 15) is 10.2 Å². The predicted molar refractivity (Wildman–Crippen MR) is 225 cm³/mol. The SMILES string of the molecule is O.O.OC1=NCCCN2CCCN=Cc3cccc(c3)C=NCCCN(CCCN=Cc3cccc1c3)CCCN=C(O)c1cccc(c1)C=NCCC2.[Ag+].[Ag+].[O-][Cl+3]([O-])([O-])[O-].[O-][Cl+3]([O-])([O-])[O-]. The third-order valence-corrected chi connectivity index (χ3v) is 9.00. The molecule has 3 aliphatic heterocycles. The standard InChI is InChI=1S/C42H54N8O2.2Ag.2ClHO4.2H2O/c51-41-39-14-2-12-37(29-39)33-45-18-6-24-49-22-4-16-43-31-35-10-1-11-36(28-35)32-44-17-5-23-50(26-8-20-47-41)25-7-19-46-34-38-13-3-15-40(30-38)42(52)48-21-9-27-49;;;2*2-1(3,4)5;;/h1-3,10-15,28-34H,4-9,16-27H2,(H,47,51)(H,48,52);;;2*(H,2,3,4,5);2*1H2/q;2*+1;;;;/p-2. The van der Waals surface area contributed by atoms with Crippen molar-refractivity contribution < 1.29 is 124 Å². The molecule has 0 amide bonds. The Morgan fingerprint density at radius 1 is 0.394 bits per heavy atom. The second-order valence-corrected chi connectivity index (χ2v) is 15.5. The zero-order valence-electron chi connectivity index (χ0n) is 36.1. The van der Waals surface area contributed by atoms with Gasteiger partial charge in [0.05, 0.1) is 0 Å². The van der Waals surface area contributed by atoms with Gasteiger partial charge in [-0.25, -0.2) is 37.3 Å². The van der Waals surface area contributed by atoms with Crippen LogP contribution in [0.2, 0.25) is 0 Å². The van der Waals surface area contributed by atoms with Gasteiger partial charge in [-0.3, -0.25) is 30.0 Å². The minimum atomic E-state index is -4.94. The Morgan fingerprint density at radius 3 is 0.924 bits per heavy atom. The summed E-state index contributed by atoms with van der Waals surface area (Å²) >= 11 is 0. The summed E-state index contributed by atoms with van der Waals surface area (Å²) in [6, 6.07) is 23.9. The third kappa shape index (κ3) is 33.4. The summed E-state index contributed by atoms with van der Waals surface area (Å²) in [5, 5.41) is 21.6. The van der Waals surface area contributed by atoms with Gasteiger partial charge in [0.25, 0.3) is 0 Å². The Kier molecular flexibility index (Phi) is 36.3. The number of fused-ring (bicyclic) bond motifs is 18. The average Bonchev–Trinajstić information content (AvgIpc) is 3.21. The summed E-state index contributed by atoms with van der Waals surface area (Å²) in [6.07, 6.45) is 13.1. The van der Waals surface area contributed by atoms with Gasteiger partial charge in [0.1, 0.15) is 0 Å². The van der Waals surface area contributed by atoms with Crippen molar-refractivity contribution in [3.63, 3.8) is 0 Å². The quantitative estimate of drug-likeness (QED) is 0.200. The number of hydrogen-bond acceptors (Lipinski definition) is 16. The Hall–Kier alpha value is -3.14. The molecule has 24 heteroatoms. The van der Waals surface area contributed by atoms with Crippen molar-refractivity contribution in [2.45, 2.75) is 38.5 Å².